The van der Waals surface area contributed by atoms with E-state index in [-0.39, 0.29) is 15.8 Å². The van der Waals surface area contributed by atoms with Crippen LogP contribution in [0.3, 0.4) is 0 Å². The van der Waals surface area contributed by atoms with E-state index in [1.807, 2.05) is 0 Å². The van der Waals surface area contributed by atoms with Crippen molar-refractivity contribution in [3.63, 3.8) is 0 Å². The lowest BCUT2D eigenvalue weighted by molar-refractivity contribution is -0.380. The Morgan fingerprint density at radius 3 is 2.93 bits per heavy atom. The van der Waals surface area contributed by atoms with E-state index in [0.29, 0.717) is 40.1 Å². The quantitative estimate of drug-likeness (QED) is 0.414. The van der Waals surface area contributed by atoms with Crippen molar-refractivity contribution in [2.75, 3.05) is 11.9 Å². The third kappa shape index (κ3) is 4.01. The molecule has 1 amide bonds. The lowest BCUT2D eigenvalue weighted by Gasteiger charge is -2.26. The van der Waals surface area contributed by atoms with Crippen molar-refractivity contribution >= 4 is 54.5 Å². The third-order valence-electron chi connectivity index (χ3n) is 4.71. The molecule has 0 fully saturated rings. The minimum atomic E-state index is -0.387. The summed E-state index contributed by atoms with van der Waals surface area (Å²) in [5.74, 6) is -0.300. The number of aryl methyl sites for hydroxylation is 1. The first kappa shape index (κ1) is 20.7. The number of nitro groups is 1. The fraction of sp³-hybridized carbons (Fsp3) is 0.278. The predicted molar refractivity (Wildman–Crippen MR) is 117 cm³/mol. The number of rotatable bonds is 5. The van der Waals surface area contributed by atoms with Gasteiger partial charge in [0, 0.05) is 42.6 Å². The number of nitrogens with one attached hydrogen (secondary N) is 1. The smallest absolute Gasteiger partial charge is 0.312 e. The predicted octanol–water partition coefficient (Wildman–Crippen LogP) is 3.90. The Bertz CT molecular complexity index is 1190. The van der Waals surface area contributed by atoms with Gasteiger partial charge in [-0.25, -0.2) is 0 Å². The maximum absolute atomic E-state index is 12.5. The molecule has 0 aliphatic carbocycles. The largest absolute Gasteiger partial charge is 0.338 e. The van der Waals surface area contributed by atoms with Crippen LogP contribution >= 0.6 is 38.6 Å². The highest BCUT2D eigenvalue weighted by atomic mass is 79.9. The van der Waals surface area contributed by atoms with E-state index in [0.717, 1.165) is 33.2 Å². The molecule has 30 heavy (non-hydrogen) atoms. The van der Waals surface area contributed by atoms with E-state index in [9.17, 15) is 20.2 Å². The Labute approximate surface area is 187 Å². The number of halogens is 1. The summed E-state index contributed by atoms with van der Waals surface area (Å²) in [4.78, 5) is 27.3. The van der Waals surface area contributed by atoms with Crippen LogP contribution in [0.25, 0.3) is 0 Å². The number of hydrogen-bond acceptors (Lipinski definition) is 8. The van der Waals surface area contributed by atoms with Crippen LogP contribution in [0.2, 0.25) is 0 Å². The van der Waals surface area contributed by atoms with Crippen molar-refractivity contribution in [3.05, 3.63) is 59.5 Å². The zero-order chi connectivity index (χ0) is 21.4. The summed E-state index contributed by atoms with van der Waals surface area (Å²) in [6.07, 6.45) is 3.79. The Morgan fingerprint density at radius 2 is 2.30 bits per heavy atom. The fourth-order valence-corrected chi connectivity index (χ4v) is 6.29. The average molecular weight is 507 g/mol. The lowest BCUT2D eigenvalue weighted by atomic mass is 10.0. The van der Waals surface area contributed by atoms with Gasteiger partial charge in [-0.15, -0.1) is 11.3 Å². The summed E-state index contributed by atoms with van der Waals surface area (Å²) in [7, 11) is 1.73. The molecule has 3 aromatic heterocycles. The first-order valence-electron chi connectivity index (χ1n) is 8.85. The van der Waals surface area contributed by atoms with Gasteiger partial charge in [-0.2, -0.15) is 10.4 Å². The second kappa shape index (κ2) is 8.27. The van der Waals surface area contributed by atoms with E-state index < -0.39 is 0 Å². The first-order chi connectivity index (χ1) is 14.4. The summed E-state index contributed by atoms with van der Waals surface area (Å²) in [6, 6.07) is 4.02. The van der Waals surface area contributed by atoms with E-state index >= 15 is 0 Å². The minimum absolute atomic E-state index is 0.103. The van der Waals surface area contributed by atoms with Gasteiger partial charge >= 0.3 is 5.00 Å². The number of aromatic nitrogens is 2. The number of nitriles is 1. The van der Waals surface area contributed by atoms with Gasteiger partial charge < -0.3 is 5.32 Å². The van der Waals surface area contributed by atoms with Crippen LogP contribution in [-0.2, 0) is 26.6 Å². The molecule has 1 N–H and O–H groups in total. The normalized spacial score (nSPS) is 13.6. The van der Waals surface area contributed by atoms with Crippen molar-refractivity contribution < 1.29 is 9.72 Å². The molecule has 1 aliphatic rings. The van der Waals surface area contributed by atoms with Gasteiger partial charge in [-0.3, -0.25) is 24.5 Å². The van der Waals surface area contributed by atoms with E-state index in [1.165, 1.54) is 17.5 Å². The van der Waals surface area contributed by atoms with E-state index in [1.54, 1.807) is 24.0 Å². The van der Waals surface area contributed by atoms with Crippen LogP contribution in [0.5, 0.6) is 0 Å². The van der Waals surface area contributed by atoms with Gasteiger partial charge in [0.1, 0.15) is 15.5 Å². The molecule has 0 saturated carbocycles. The van der Waals surface area contributed by atoms with Crippen molar-refractivity contribution in [1.29, 1.82) is 5.26 Å². The Balaban J connectivity index is 1.51. The van der Waals surface area contributed by atoms with Gasteiger partial charge in [-0.1, -0.05) is 11.3 Å². The molecular weight excluding hydrogens is 492 g/mol. The van der Waals surface area contributed by atoms with Crippen molar-refractivity contribution in [1.82, 2.24) is 14.7 Å². The van der Waals surface area contributed by atoms with E-state index in [2.05, 4.69) is 37.3 Å². The molecule has 4 rings (SSSR count). The molecular formula is C18H15BrN6O3S2. The van der Waals surface area contributed by atoms with Gasteiger partial charge in [0.2, 0.25) is 0 Å². The highest BCUT2D eigenvalue weighted by Gasteiger charge is 2.27. The van der Waals surface area contributed by atoms with Gasteiger partial charge in [0.25, 0.3) is 5.91 Å². The molecule has 0 aromatic carbocycles. The topological polar surface area (TPSA) is 117 Å². The van der Waals surface area contributed by atoms with Crippen LogP contribution in [0, 0.1) is 21.4 Å². The molecule has 12 heteroatoms. The third-order valence-corrected chi connectivity index (χ3v) is 7.78. The van der Waals surface area contributed by atoms with Gasteiger partial charge in [-0.05, 0) is 34.0 Å². The average Bonchev–Trinajstić information content (AvgIpc) is 3.38. The number of thiophene rings is 2. The molecule has 0 atom stereocenters. The molecule has 9 nitrogen and oxygen atoms in total. The Hall–Kier alpha value is -2.59. The molecule has 1 aliphatic heterocycles. The molecule has 4 heterocycles. The molecule has 3 aromatic rings. The Morgan fingerprint density at radius 1 is 1.50 bits per heavy atom. The molecule has 0 bridgehead atoms. The van der Waals surface area contributed by atoms with Crippen LogP contribution < -0.4 is 5.32 Å². The van der Waals surface area contributed by atoms with Crippen LogP contribution in [0.15, 0.2) is 22.9 Å². The number of hydrogen-bond donors (Lipinski definition) is 1. The lowest BCUT2D eigenvalue weighted by Crippen LogP contribution is -2.29. The summed E-state index contributed by atoms with van der Waals surface area (Å²) in [6.45, 7) is 1.95. The standard InChI is InChI=1S/C18H15BrN6O3S2/c1-23-7-10(6-21-23)16(26)22-17-13(5-20)12-2-3-24(9-15(12)30-17)8-11-4-14(19)18(29-11)25(27)28/h4,6-7H,2-3,8-9H2,1H3,(H,22,26). The van der Waals surface area contributed by atoms with Crippen molar-refractivity contribution in [2.45, 2.75) is 19.5 Å². The highest BCUT2D eigenvalue weighted by molar-refractivity contribution is 9.10. The number of fused-ring (bicyclic) bond motifs is 1. The maximum Gasteiger partial charge on any atom is 0.338 e. The summed E-state index contributed by atoms with van der Waals surface area (Å²) < 4.78 is 2.04. The molecule has 154 valence electrons. The fourth-order valence-electron chi connectivity index (χ4n) is 3.34. The van der Waals surface area contributed by atoms with Gasteiger partial charge in [0.05, 0.1) is 22.2 Å². The van der Waals surface area contributed by atoms with Crippen molar-refractivity contribution in [2.24, 2.45) is 7.05 Å². The summed E-state index contributed by atoms with van der Waals surface area (Å²) in [5.41, 5.74) is 1.92. The number of nitrogens with zero attached hydrogens (tertiary/aromatic N) is 5. The monoisotopic (exact) mass is 506 g/mol. The van der Waals surface area contributed by atoms with Crippen LogP contribution in [0.4, 0.5) is 10.0 Å². The molecule has 0 radical (unpaired) electrons. The summed E-state index contributed by atoms with van der Waals surface area (Å²) in [5, 5.41) is 28.2. The highest BCUT2D eigenvalue weighted by Crippen LogP contribution is 2.39. The molecule has 0 unspecified atom stereocenters. The SMILES string of the molecule is Cn1cc(C(=O)Nc2sc3c(c2C#N)CCN(Cc2cc(Br)c([N+](=O)[O-])s2)C3)cn1. The number of amides is 1. The zero-order valence-electron chi connectivity index (χ0n) is 15.7. The maximum atomic E-state index is 12.5. The number of carbonyl (C=O) groups is 1. The van der Waals surface area contributed by atoms with Gasteiger partial charge in [0.15, 0.2) is 0 Å². The second-order valence-corrected chi connectivity index (χ2v) is 9.83. The Kier molecular flexibility index (Phi) is 5.70. The van der Waals surface area contributed by atoms with Crippen LogP contribution in [0.1, 0.15) is 31.2 Å². The van der Waals surface area contributed by atoms with Crippen molar-refractivity contribution in [3.8, 4) is 6.07 Å². The number of carbonyl (C=O) groups excluding carboxylic acids is 1. The minimum Gasteiger partial charge on any atom is -0.312 e. The molecule has 0 saturated heterocycles. The number of anilines is 1. The second-order valence-electron chi connectivity index (χ2n) is 6.76. The van der Waals surface area contributed by atoms with E-state index in [4.69, 9.17) is 0 Å². The first-order valence-corrected chi connectivity index (χ1v) is 11.3. The summed E-state index contributed by atoms with van der Waals surface area (Å²) >= 11 is 5.81. The molecule has 0 spiro atoms. The van der Waals surface area contributed by atoms with Crippen LogP contribution in [-0.4, -0.2) is 32.1 Å². The zero-order valence-corrected chi connectivity index (χ0v) is 18.9.